The van der Waals surface area contributed by atoms with Crippen molar-refractivity contribution in [3.8, 4) is 0 Å². The van der Waals surface area contributed by atoms with Crippen LogP contribution in [0.4, 0.5) is 5.69 Å². The molecule has 98 valence electrons. The van der Waals surface area contributed by atoms with Gasteiger partial charge in [0.2, 0.25) is 0 Å². The lowest BCUT2D eigenvalue weighted by Gasteiger charge is -2.05. The molecule has 2 aromatic rings. The lowest BCUT2D eigenvalue weighted by molar-refractivity contribution is -0.144. The summed E-state index contributed by atoms with van der Waals surface area (Å²) in [6.07, 6.45) is 4.39. The van der Waals surface area contributed by atoms with Gasteiger partial charge in [0.15, 0.2) is 0 Å². The highest BCUT2D eigenvalue weighted by Gasteiger charge is 2.04. The Kier molecular flexibility index (Phi) is 4.50. The third kappa shape index (κ3) is 4.43. The van der Waals surface area contributed by atoms with Crippen molar-refractivity contribution in [3.63, 3.8) is 0 Å². The average molecular weight is 256 g/mol. The van der Waals surface area contributed by atoms with Crippen molar-refractivity contribution in [3.05, 3.63) is 59.9 Å². The summed E-state index contributed by atoms with van der Waals surface area (Å²) in [4.78, 5) is 15.5. The smallest absolute Gasteiger partial charge is 0.306 e. The Morgan fingerprint density at radius 1 is 1.05 bits per heavy atom. The zero-order chi connectivity index (χ0) is 13.5. The summed E-state index contributed by atoms with van der Waals surface area (Å²) in [6.45, 7) is 0.295. The van der Waals surface area contributed by atoms with Gasteiger partial charge in [0.25, 0.3) is 0 Å². The number of hydrogen-bond donors (Lipinski definition) is 1. The third-order valence-electron chi connectivity index (χ3n) is 2.75. The maximum absolute atomic E-state index is 11.6. The van der Waals surface area contributed by atoms with Crippen molar-refractivity contribution in [1.29, 1.82) is 0 Å². The first-order valence-electron chi connectivity index (χ1n) is 6.13. The predicted octanol–water partition coefficient (Wildman–Crippen LogP) is 2.34. The minimum Gasteiger partial charge on any atom is -0.461 e. The van der Waals surface area contributed by atoms with E-state index in [1.807, 2.05) is 36.4 Å². The summed E-state index contributed by atoms with van der Waals surface area (Å²) in [5.74, 6) is -0.200. The molecular weight excluding hydrogens is 240 g/mol. The Bertz CT molecular complexity index is 524. The van der Waals surface area contributed by atoms with Crippen LogP contribution in [0.3, 0.4) is 0 Å². The number of carbonyl (C=O) groups excluding carboxylic acids is 1. The van der Waals surface area contributed by atoms with E-state index < -0.39 is 0 Å². The first-order chi connectivity index (χ1) is 9.24. The highest BCUT2D eigenvalue weighted by molar-refractivity contribution is 5.69. The molecule has 19 heavy (non-hydrogen) atoms. The number of aryl methyl sites for hydroxylation is 1. The molecule has 0 saturated heterocycles. The number of esters is 1. The normalized spacial score (nSPS) is 10.1. The second kappa shape index (κ2) is 6.54. The summed E-state index contributed by atoms with van der Waals surface area (Å²) >= 11 is 0. The van der Waals surface area contributed by atoms with E-state index in [9.17, 15) is 4.79 Å². The van der Waals surface area contributed by atoms with Gasteiger partial charge in [-0.2, -0.15) is 0 Å². The van der Waals surface area contributed by atoms with Crippen LogP contribution >= 0.6 is 0 Å². The Morgan fingerprint density at radius 2 is 1.74 bits per heavy atom. The first kappa shape index (κ1) is 13.1. The molecule has 4 nitrogen and oxygen atoms in total. The summed E-state index contributed by atoms with van der Waals surface area (Å²) in [7, 11) is 0. The molecule has 0 aliphatic carbocycles. The molecule has 0 spiro atoms. The van der Waals surface area contributed by atoms with Crippen LogP contribution in [0.25, 0.3) is 0 Å². The highest BCUT2D eigenvalue weighted by atomic mass is 16.5. The predicted molar refractivity (Wildman–Crippen MR) is 73.2 cm³/mol. The number of nitrogen functional groups attached to an aromatic ring is 1. The van der Waals surface area contributed by atoms with Gasteiger partial charge in [0.05, 0.1) is 0 Å². The topological polar surface area (TPSA) is 65.2 Å². The minimum atomic E-state index is -0.200. The molecule has 2 N–H and O–H groups in total. The van der Waals surface area contributed by atoms with E-state index in [1.54, 1.807) is 12.4 Å². The van der Waals surface area contributed by atoms with E-state index in [1.165, 1.54) is 0 Å². The number of nitrogens with zero attached hydrogens (tertiary/aromatic N) is 1. The second-order valence-corrected chi connectivity index (χ2v) is 4.26. The molecule has 0 atom stereocenters. The van der Waals surface area contributed by atoms with Crippen molar-refractivity contribution in [2.75, 3.05) is 5.73 Å². The largest absolute Gasteiger partial charge is 0.461 e. The molecule has 0 aliphatic rings. The second-order valence-electron chi connectivity index (χ2n) is 4.26. The van der Waals surface area contributed by atoms with E-state index in [4.69, 9.17) is 10.5 Å². The van der Waals surface area contributed by atoms with Gasteiger partial charge in [0.1, 0.15) is 6.61 Å². The molecule has 0 radical (unpaired) electrons. The first-order valence-corrected chi connectivity index (χ1v) is 6.13. The third-order valence-corrected chi connectivity index (χ3v) is 2.75. The standard InChI is InChI=1S/C15H16N2O2/c16-14-4-1-12(2-5-14)3-6-15(18)19-11-13-7-9-17-10-8-13/h1-2,4-5,7-10H,3,6,11,16H2. The van der Waals surface area contributed by atoms with E-state index in [0.29, 0.717) is 19.4 Å². The summed E-state index contributed by atoms with van der Waals surface area (Å²) in [5.41, 5.74) is 8.34. The maximum Gasteiger partial charge on any atom is 0.306 e. The number of hydrogen-bond acceptors (Lipinski definition) is 4. The Labute approximate surface area is 112 Å². The lowest BCUT2D eigenvalue weighted by atomic mass is 10.1. The Hall–Kier alpha value is -2.36. The molecule has 1 aromatic heterocycles. The molecule has 0 saturated carbocycles. The van der Waals surface area contributed by atoms with Crippen LogP contribution in [0.15, 0.2) is 48.8 Å². The van der Waals surface area contributed by atoms with Gasteiger partial charge in [-0.25, -0.2) is 0 Å². The van der Waals surface area contributed by atoms with Crippen LogP contribution in [0, 0.1) is 0 Å². The summed E-state index contributed by atoms with van der Waals surface area (Å²) in [5, 5.41) is 0. The molecule has 0 amide bonds. The number of aromatic nitrogens is 1. The van der Waals surface area contributed by atoms with Gasteiger partial charge in [-0.05, 0) is 41.8 Å². The van der Waals surface area contributed by atoms with Crippen LogP contribution in [0.1, 0.15) is 17.5 Å². The maximum atomic E-state index is 11.6. The number of ether oxygens (including phenoxy) is 1. The van der Waals surface area contributed by atoms with Gasteiger partial charge in [-0.1, -0.05) is 12.1 Å². The van der Waals surface area contributed by atoms with E-state index >= 15 is 0 Å². The Morgan fingerprint density at radius 3 is 2.42 bits per heavy atom. The molecule has 1 heterocycles. The van der Waals surface area contributed by atoms with Gasteiger partial charge >= 0.3 is 5.97 Å². The van der Waals surface area contributed by atoms with Gasteiger partial charge in [-0.3, -0.25) is 9.78 Å². The fraction of sp³-hybridized carbons (Fsp3) is 0.200. The summed E-state index contributed by atoms with van der Waals surface area (Å²) < 4.78 is 5.18. The average Bonchev–Trinajstić information content (AvgIpc) is 2.45. The van der Waals surface area contributed by atoms with E-state index in [-0.39, 0.29) is 5.97 Å². The van der Waals surface area contributed by atoms with Crippen molar-refractivity contribution in [2.45, 2.75) is 19.4 Å². The van der Waals surface area contributed by atoms with Crippen molar-refractivity contribution in [2.24, 2.45) is 0 Å². The number of rotatable bonds is 5. The number of nitrogens with two attached hydrogens (primary N) is 1. The molecule has 0 bridgehead atoms. The molecular formula is C15H16N2O2. The quantitative estimate of drug-likeness (QED) is 0.658. The van der Waals surface area contributed by atoms with Crippen molar-refractivity contribution in [1.82, 2.24) is 4.98 Å². The van der Waals surface area contributed by atoms with Crippen LogP contribution < -0.4 is 5.73 Å². The number of pyridine rings is 1. The number of benzene rings is 1. The van der Waals surface area contributed by atoms with Crippen LogP contribution in [0.2, 0.25) is 0 Å². The zero-order valence-corrected chi connectivity index (χ0v) is 10.6. The number of anilines is 1. The number of carbonyl (C=O) groups is 1. The molecule has 4 heteroatoms. The molecule has 2 rings (SSSR count). The fourth-order valence-corrected chi connectivity index (χ4v) is 1.65. The van der Waals surface area contributed by atoms with Crippen LogP contribution in [-0.2, 0) is 22.6 Å². The zero-order valence-electron chi connectivity index (χ0n) is 10.6. The minimum absolute atomic E-state index is 0.200. The van der Waals surface area contributed by atoms with Crippen molar-refractivity contribution >= 4 is 11.7 Å². The lowest BCUT2D eigenvalue weighted by Crippen LogP contribution is -2.06. The van der Waals surface area contributed by atoms with E-state index in [2.05, 4.69) is 4.98 Å². The van der Waals surface area contributed by atoms with Gasteiger partial charge in [-0.15, -0.1) is 0 Å². The molecule has 1 aromatic carbocycles. The molecule has 0 unspecified atom stereocenters. The van der Waals surface area contributed by atoms with Gasteiger partial charge in [0, 0.05) is 24.5 Å². The Balaban J connectivity index is 1.74. The molecule has 0 aliphatic heterocycles. The van der Waals surface area contributed by atoms with E-state index in [0.717, 1.165) is 16.8 Å². The highest BCUT2D eigenvalue weighted by Crippen LogP contribution is 2.08. The SMILES string of the molecule is Nc1ccc(CCC(=O)OCc2ccncc2)cc1. The van der Waals surface area contributed by atoms with Gasteiger partial charge < -0.3 is 10.5 Å². The summed E-state index contributed by atoms with van der Waals surface area (Å²) in [6, 6.07) is 11.2. The van der Waals surface area contributed by atoms with Crippen LogP contribution in [-0.4, -0.2) is 11.0 Å². The molecule has 0 fully saturated rings. The van der Waals surface area contributed by atoms with Crippen molar-refractivity contribution < 1.29 is 9.53 Å². The fourth-order valence-electron chi connectivity index (χ4n) is 1.65. The van der Waals surface area contributed by atoms with Crippen LogP contribution in [0.5, 0.6) is 0 Å². The monoisotopic (exact) mass is 256 g/mol.